The van der Waals surface area contributed by atoms with Gasteiger partial charge in [-0.3, -0.25) is 9.59 Å². The lowest BCUT2D eigenvalue weighted by Gasteiger charge is -2.08. The van der Waals surface area contributed by atoms with Crippen LogP contribution in [0.5, 0.6) is 0 Å². The first-order valence-electron chi connectivity index (χ1n) is 6.47. The van der Waals surface area contributed by atoms with Crippen molar-refractivity contribution in [1.29, 1.82) is 0 Å². The van der Waals surface area contributed by atoms with Gasteiger partial charge in [-0.1, -0.05) is 12.1 Å². The topological polar surface area (TPSA) is 62.0 Å². The number of pyridine rings is 1. The number of carbonyl (C=O) groups is 1. The van der Waals surface area contributed by atoms with E-state index in [4.69, 9.17) is 11.6 Å². The van der Waals surface area contributed by atoms with Crippen LogP contribution in [0.15, 0.2) is 23.0 Å². The fourth-order valence-corrected chi connectivity index (χ4v) is 2.23. The van der Waals surface area contributed by atoms with Crippen LogP contribution in [0.2, 0.25) is 0 Å². The summed E-state index contributed by atoms with van der Waals surface area (Å²) in [7, 11) is 0. The molecule has 0 bridgehead atoms. The molecule has 0 spiro atoms. The second kappa shape index (κ2) is 6.09. The summed E-state index contributed by atoms with van der Waals surface area (Å²) < 4.78 is 0. The van der Waals surface area contributed by atoms with E-state index in [2.05, 4.69) is 10.3 Å². The molecule has 1 aromatic carbocycles. The maximum absolute atomic E-state index is 12.0. The standard InChI is InChI=1S/C15H17ClN2O2/c1-9-3-4-11-7-12(5-6-17-13(19)8-16)15(20)18-14(11)10(9)2/h3-4,7H,5-6,8H2,1-2H3,(H,17,19)(H,18,20). The largest absolute Gasteiger partial charge is 0.355 e. The van der Waals surface area contributed by atoms with E-state index in [1.807, 2.05) is 32.0 Å². The summed E-state index contributed by atoms with van der Waals surface area (Å²) >= 11 is 5.40. The summed E-state index contributed by atoms with van der Waals surface area (Å²) in [5.41, 5.74) is 3.67. The Hall–Kier alpha value is -1.81. The number of rotatable bonds is 4. The predicted molar refractivity (Wildman–Crippen MR) is 81.5 cm³/mol. The number of nitrogens with one attached hydrogen (secondary N) is 2. The minimum atomic E-state index is -0.227. The number of hydrogen-bond acceptors (Lipinski definition) is 2. The van der Waals surface area contributed by atoms with Gasteiger partial charge in [0.2, 0.25) is 5.91 Å². The van der Waals surface area contributed by atoms with Gasteiger partial charge in [0.1, 0.15) is 5.88 Å². The van der Waals surface area contributed by atoms with Crippen molar-refractivity contribution in [3.63, 3.8) is 0 Å². The van der Waals surface area contributed by atoms with E-state index in [9.17, 15) is 9.59 Å². The van der Waals surface area contributed by atoms with Gasteiger partial charge in [0.25, 0.3) is 5.56 Å². The van der Waals surface area contributed by atoms with Gasteiger partial charge in [-0.05, 0) is 42.8 Å². The van der Waals surface area contributed by atoms with Crippen molar-refractivity contribution in [2.45, 2.75) is 20.3 Å². The molecule has 106 valence electrons. The van der Waals surface area contributed by atoms with Crippen molar-refractivity contribution in [3.05, 3.63) is 45.2 Å². The molecule has 0 aliphatic rings. The van der Waals surface area contributed by atoms with Crippen LogP contribution in [0.25, 0.3) is 10.9 Å². The molecule has 0 saturated heterocycles. The molecule has 0 radical (unpaired) electrons. The number of aryl methyl sites for hydroxylation is 2. The summed E-state index contributed by atoms with van der Waals surface area (Å²) in [6.07, 6.45) is 0.487. The van der Waals surface area contributed by atoms with Crippen LogP contribution in [0.4, 0.5) is 0 Å². The first-order valence-corrected chi connectivity index (χ1v) is 7.01. The average Bonchev–Trinajstić information content (AvgIpc) is 2.44. The number of halogens is 1. The average molecular weight is 293 g/mol. The Morgan fingerprint density at radius 2 is 2.10 bits per heavy atom. The lowest BCUT2D eigenvalue weighted by molar-refractivity contribution is -0.118. The molecule has 5 heteroatoms. The van der Waals surface area contributed by atoms with Gasteiger partial charge >= 0.3 is 0 Å². The molecule has 2 aromatic rings. The van der Waals surface area contributed by atoms with Crippen molar-refractivity contribution < 1.29 is 4.79 Å². The number of benzene rings is 1. The normalized spacial score (nSPS) is 10.8. The maximum Gasteiger partial charge on any atom is 0.251 e. The zero-order chi connectivity index (χ0) is 14.7. The highest BCUT2D eigenvalue weighted by Gasteiger charge is 2.06. The van der Waals surface area contributed by atoms with Gasteiger partial charge < -0.3 is 10.3 Å². The lowest BCUT2D eigenvalue weighted by atomic mass is 10.0. The number of alkyl halides is 1. The van der Waals surface area contributed by atoms with Crippen molar-refractivity contribution in [1.82, 2.24) is 10.3 Å². The number of hydrogen-bond donors (Lipinski definition) is 2. The Kier molecular flexibility index (Phi) is 4.45. The third-order valence-electron chi connectivity index (χ3n) is 3.47. The lowest BCUT2D eigenvalue weighted by Crippen LogP contribution is -2.28. The van der Waals surface area contributed by atoms with E-state index in [1.165, 1.54) is 0 Å². The zero-order valence-corrected chi connectivity index (χ0v) is 12.3. The number of aromatic nitrogens is 1. The minimum Gasteiger partial charge on any atom is -0.355 e. The Balaban J connectivity index is 2.27. The van der Waals surface area contributed by atoms with Crippen LogP contribution >= 0.6 is 11.6 Å². The van der Waals surface area contributed by atoms with E-state index in [0.29, 0.717) is 18.5 Å². The van der Waals surface area contributed by atoms with Gasteiger partial charge in [0.05, 0.1) is 5.52 Å². The monoisotopic (exact) mass is 292 g/mol. The number of aromatic amines is 1. The Labute approximate surface area is 122 Å². The Bertz CT molecular complexity index is 707. The van der Waals surface area contributed by atoms with Crippen molar-refractivity contribution in [2.24, 2.45) is 0 Å². The SMILES string of the molecule is Cc1ccc2cc(CCNC(=O)CCl)c(=O)[nH]c2c1C. The summed E-state index contributed by atoms with van der Waals surface area (Å²) in [6, 6.07) is 5.91. The summed E-state index contributed by atoms with van der Waals surface area (Å²) in [5.74, 6) is -0.289. The van der Waals surface area contributed by atoms with E-state index in [1.54, 1.807) is 0 Å². The van der Waals surface area contributed by atoms with Crippen LogP contribution in [-0.4, -0.2) is 23.3 Å². The predicted octanol–water partition coefficient (Wildman–Crippen LogP) is 2.04. The van der Waals surface area contributed by atoms with Gasteiger partial charge in [0.15, 0.2) is 0 Å². The van der Waals surface area contributed by atoms with Crippen LogP contribution in [0.1, 0.15) is 16.7 Å². The highest BCUT2D eigenvalue weighted by molar-refractivity contribution is 6.27. The highest BCUT2D eigenvalue weighted by Crippen LogP contribution is 2.18. The fourth-order valence-electron chi connectivity index (χ4n) is 2.14. The first-order chi connectivity index (χ1) is 9.52. The summed E-state index contributed by atoms with van der Waals surface area (Å²) in [5, 5.41) is 3.66. The van der Waals surface area contributed by atoms with Crippen LogP contribution in [-0.2, 0) is 11.2 Å². The molecule has 1 amide bonds. The van der Waals surface area contributed by atoms with Crippen LogP contribution in [0.3, 0.4) is 0 Å². The second-order valence-electron chi connectivity index (χ2n) is 4.83. The van der Waals surface area contributed by atoms with Gasteiger partial charge in [-0.25, -0.2) is 0 Å². The zero-order valence-electron chi connectivity index (χ0n) is 11.5. The number of fused-ring (bicyclic) bond motifs is 1. The molecule has 0 atom stereocenters. The molecule has 4 nitrogen and oxygen atoms in total. The Morgan fingerprint density at radius 1 is 1.35 bits per heavy atom. The third kappa shape index (κ3) is 3.02. The molecule has 20 heavy (non-hydrogen) atoms. The van der Waals surface area contributed by atoms with E-state index in [-0.39, 0.29) is 17.3 Å². The minimum absolute atomic E-state index is 0.0629. The summed E-state index contributed by atoms with van der Waals surface area (Å²) in [4.78, 5) is 26.0. The molecular formula is C15H17ClN2O2. The van der Waals surface area contributed by atoms with Gasteiger partial charge in [-0.15, -0.1) is 11.6 Å². The maximum atomic E-state index is 12.0. The first kappa shape index (κ1) is 14.6. The quantitative estimate of drug-likeness (QED) is 0.847. The van der Waals surface area contributed by atoms with Crippen molar-refractivity contribution in [2.75, 3.05) is 12.4 Å². The van der Waals surface area contributed by atoms with Gasteiger partial charge in [0, 0.05) is 12.1 Å². The molecule has 1 heterocycles. The van der Waals surface area contributed by atoms with Crippen LogP contribution < -0.4 is 10.9 Å². The summed E-state index contributed by atoms with van der Waals surface area (Å²) in [6.45, 7) is 4.42. The second-order valence-corrected chi connectivity index (χ2v) is 5.10. The molecule has 0 aliphatic carbocycles. The van der Waals surface area contributed by atoms with E-state index >= 15 is 0 Å². The Morgan fingerprint density at radius 3 is 2.80 bits per heavy atom. The molecular weight excluding hydrogens is 276 g/mol. The smallest absolute Gasteiger partial charge is 0.251 e. The number of H-pyrrole nitrogens is 1. The molecule has 2 rings (SSSR count). The molecule has 2 N–H and O–H groups in total. The fraction of sp³-hybridized carbons (Fsp3) is 0.333. The molecule has 0 aliphatic heterocycles. The molecule has 0 unspecified atom stereocenters. The molecule has 0 fully saturated rings. The van der Waals surface area contributed by atoms with E-state index < -0.39 is 0 Å². The molecule has 0 saturated carbocycles. The third-order valence-corrected chi connectivity index (χ3v) is 3.71. The van der Waals surface area contributed by atoms with Gasteiger partial charge in [-0.2, -0.15) is 0 Å². The molecule has 1 aromatic heterocycles. The van der Waals surface area contributed by atoms with Crippen molar-refractivity contribution in [3.8, 4) is 0 Å². The number of carbonyl (C=O) groups excluding carboxylic acids is 1. The highest BCUT2D eigenvalue weighted by atomic mass is 35.5. The van der Waals surface area contributed by atoms with Crippen LogP contribution in [0, 0.1) is 13.8 Å². The van der Waals surface area contributed by atoms with Crippen molar-refractivity contribution >= 4 is 28.4 Å². The number of amides is 1. The van der Waals surface area contributed by atoms with E-state index in [0.717, 1.165) is 22.0 Å².